The van der Waals surface area contributed by atoms with E-state index in [-0.39, 0.29) is 18.5 Å². The summed E-state index contributed by atoms with van der Waals surface area (Å²) in [4.78, 5) is 12.5. The summed E-state index contributed by atoms with van der Waals surface area (Å²) >= 11 is 0. The smallest absolute Gasteiger partial charge is 0.314 e. The maximum absolute atomic E-state index is 12.5. The Morgan fingerprint density at radius 3 is 2.08 bits per heavy atom. The Labute approximate surface area is 227 Å². The van der Waals surface area contributed by atoms with E-state index in [0.29, 0.717) is 6.61 Å². The third-order valence-electron chi connectivity index (χ3n) is 6.94. The van der Waals surface area contributed by atoms with Gasteiger partial charge in [-0.3, -0.25) is 4.79 Å². The monoisotopic (exact) mass is 510 g/mol. The number of quaternary nitrogens is 1. The number of unbranched alkanes of at least 4 members (excludes halogenated alkanes) is 9. The summed E-state index contributed by atoms with van der Waals surface area (Å²) in [5.41, 5.74) is 2.60. The predicted octanol–water partition coefficient (Wildman–Crippen LogP) is 7.98. The van der Waals surface area contributed by atoms with Gasteiger partial charge < -0.3 is 14.0 Å². The van der Waals surface area contributed by atoms with Crippen molar-refractivity contribution in [3.63, 3.8) is 0 Å². The molecule has 4 heteroatoms. The van der Waals surface area contributed by atoms with Crippen LogP contribution in [0.25, 0.3) is 0 Å². The highest BCUT2D eigenvalue weighted by molar-refractivity contribution is 5.72. The van der Waals surface area contributed by atoms with E-state index < -0.39 is 0 Å². The molecule has 2 aromatic rings. The SMILES string of the molecule is CCCCCCCCCCCCc1cccc(OCCOC(=O)C(C)C[N+](C)(C)Cc2ccccc2)c1. The van der Waals surface area contributed by atoms with E-state index in [1.807, 2.05) is 19.1 Å². The Balaban J connectivity index is 1.58. The second-order valence-electron chi connectivity index (χ2n) is 11.3. The molecule has 0 saturated carbocycles. The summed E-state index contributed by atoms with van der Waals surface area (Å²) in [7, 11) is 4.31. The van der Waals surface area contributed by atoms with Crippen LogP contribution in [0.15, 0.2) is 54.6 Å². The molecule has 0 aliphatic heterocycles. The summed E-state index contributed by atoms with van der Waals surface area (Å²) in [5, 5.41) is 0. The second-order valence-corrected chi connectivity index (χ2v) is 11.3. The minimum atomic E-state index is -0.164. The second kappa shape index (κ2) is 18.0. The fourth-order valence-corrected chi connectivity index (χ4v) is 5.01. The van der Waals surface area contributed by atoms with Crippen molar-refractivity contribution in [1.82, 2.24) is 0 Å². The lowest BCUT2D eigenvalue weighted by atomic mass is 10.0. The lowest BCUT2D eigenvalue weighted by Crippen LogP contribution is -2.44. The molecule has 37 heavy (non-hydrogen) atoms. The van der Waals surface area contributed by atoms with Crippen LogP contribution >= 0.6 is 0 Å². The number of benzene rings is 2. The third-order valence-corrected chi connectivity index (χ3v) is 6.94. The highest BCUT2D eigenvalue weighted by Gasteiger charge is 2.25. The van der Waals surface area contributed by atoms with Gasteiger partial charge in [0.1, 0.15) is 31.4 Å². The average Bonchev–Trinajstić information content (AvgIpc) is 2.88. The Kier molecular flexibility index (Phi) is 15.0. The molecule has 0 fully saturated rings. The zero-order chi connectivity index (χ0) is 26.8. The lowest BCUT2D eigenvalue weighted by Gasteiger charge is -2.31. The molecule has 0 aromatic heterocycles. The van der Waals surface area contributed by atoms with Crippen molar-refractivity contribution < 1.29 is 18.8 Å². The quantitative estimate of drug-likeness (QED) is 0.103. The molecule has 1 atom stereocenters. The molecule has 0 heterocycles. The van der Waals surface area contributed by atoms with Crippen LogP contribution in [0.3, 0.4) is 0 Å². The number of rotatable bonds is 20. The molecule has 0 spiro atoms. The number of aryl methyl sites for hydroxylation is 1. The molecule has 0 N–H and O–H groups in total. The molecule has 0 bridgehead atoms. The van der Waals surface area contributed by atoms with Gasteiger partial charge >= 0.3 is 5.97 Å². The molecular weight excluding hydrogens is 458 g/mol. The van der Waals surface area contributed by atoms with Gasteiger partial charge in [0.15, 0.2) is 0 Å². The molecule has 0 aliphatic rings. The van der Waals surface area contributed by atoms with Crippen LogP contribution in [-0.2, 0) is 22.5 Å². The van der Waals surface area contributed by atoms with Gasteiger partial charge in [0, 0.05) is 5.56 Å². The molecule has 0 saturated heterocycles. The highest BCUT2D eigenvalue weighted by Crippen LogP contribution is 2.17. The van der Waals surface area contributed by atoms with Gasteiger partial charge in [0.25, 0.3) is 0 Å². The van der Waals surface area contributed by atoms with Gasteiger partial charge in [-0.05, 0) is 37.5 Å². The van der Waals surface area contributed by atoms with E-state index in [9.17, 15) is 4.79 Å². The predicted molar refractivity (Wildman–Crippen MR) is 155 cm³/mol. The van der Waals surface area contributed by atoms with Gasteiger partial charge in [-0.1, -0.05) is 107 Å². The standard InChI is InChI=1S/C33H52NO3/c1-5-6-7-8-9-10-11-12-13-15-19-30-22-18-23-32(26-30)36-24-25-37-33(35)29(2)27-34(3,4)28-31-20-16-14-17-21-31/h14,16-18,20-23,26,29H,5-13,15,19,24-25,27-28H2,1-4H3/q+1. The summed E-state index contributed by atoms with van der Waals surface area (Å²) in [6.45, 7) is 6.49. The Morgan fingerprint density at radius 2 is 1.41 bits per heavy atom. The largest absolute Gasteiger partial charge is 0.490 e. The molecule has 2 rings (SSSR count). The summed E-state index contributed by atoms with van der Waals surface area (Å²) in [6.07, 6.45) is 14.7. The third kappa shape index (κ3) is 14.3. The first-order valence-corrected chi connectivity index (χ1v) is 14.6. The van der Waals surface area contributed by atoms with Crippen LogP contribution in [0.2, 0.25) is 0 Å². The zero-order valence-electron chi connectivity index (χ0n) is 24.1. The van der Waals surface area contributed by atoms with Crippen molar-refractivity contribution in [2.45, 2.75) is 91.0 Å². The molecule has 1 unspecified atom stereocenters. The molecular formula is C33H52NO3+. The topological polar surface area (TPSA) is 35.5 Å². The van der Waals surface area contributed by atoms with Crippen LogP contribution in [0.5, 0.6) is 5.75 Å². The van der Waals surface area contributed by atoms with Gasteiger partial charge in [-0.15, -0.1) is 0 Å². The Morgan fingerprint density at radius 1 is 0.784 bits per heavy atom. The van der Waals surface area contributed by atoms with Crippen molar-refractivity contribution in [2.75, 3.05) is 33.9 Å². The Hall–Kier alpha value is -2.33. The van der Waals surface area contributed by atoms with Crippen LogP contribution in [0.4, 0.5) is 0 Å². The van der Waals surface area contributed by atoms with Crippen molar-refractivity contribution in [3.8, 4) is 5.75 Å². The number of ether oxygens (including phenoxy) is 2. The van der Waals surface area contributed by atoms with E-state index >= 15 is 0 Å². The number of carbonyl (C=O) groups is 1. The first kappa shape index (κ1) is 30.9. The highest BCUT2D eigenvalue weighted by atomic mass is 16.6. The summed E-state index contributed by atoms with van der Waals surface area (Å²) < 4.78 is 12.1. The zero-order valence-corrected chi connectivity index (χ0v) is 24.1. The molecule has 0 aliphatic carbocycles. The van der Waals surface area contributed by atoms with Crippen LogP contribution < -0.4 is 4.74 Å². The number of hydrogen-bond acceptors (Lipinski definition) is 3. The number of esters is 1. The minimum Gasteiger partial charge on any atom is -0.490 e. The Bertz CT molecular complexity index is 865. The minimum absolute atomic E-state index is 0.155. The number of nitrogens with zero attached hydrogens (tertiary/aromatic N) is 1. The van der Waals surface area contributed by atoms with E-state index in [1.54, 1.807) is 0 Å². The maximum Gasteiger partial charge on any atom is 0.314 e. The molecule has 2 aromatic carbocycles. The van der Waals surface area contributed by atoms with Gasteiger partial charge in [-0.2, -0.15) is 0 Å². The van der Waals surface area contributed by atoms with Crippen LogP contribution in [0.1, 0.15) is 89.2 Å². The molecule has 0 amide bonds. The first-order valence-electron chi connectivity index (χ1n) is 14.6. The molecule has 4 nitrogen and oxygen atoms in total. The summed E-state index contributed by atoms with van der Waals surface area (Å²) in [6, 6.07) is 18.7. The van der Waals surface area contributed by atoms with Crippen molar-refractivity contribution in [2.24, 2.45) is 5.92 Å². The van der Waals surface area contributed by atoms with Crippen molar-refractivity contribution in [1.29, 1.82) is 0 Å². The van der Waals surface area contributed by atoms with E-state index in [0.717, 1.165) is 29.7 Å². The van der Waals surface area contributed by atoms with Crippen molar-refractivity contribution in [3.05, 3.63) is 65.7 Å². The van der Waals surface area contributed by atoms with Gasteiger partial charge in [-0.25, -0.2) is 0 Å². The summed E-state index contributed by atoms with van der Waals surface area (Å²) in [5.74, 6) is 0.537. The molecule has 0 radical (unpaired) electrons. The van der Waals surface area contributed by atoms with E-state index in [4.69, 9.17) is 9.47 Å². The molecule has 206 valence electrons. The maximum atomic E-state index is 12.5. The number of carbonyl (C=O) groups excluding carboxylic acids is 1. The van der Waals surface area contributed by atoms with Gasteiger partial charge in [0.05, 0.1) is 20.6 Å². The fourth-order valence-electron chi connectivity index (χ4n) is 5.01. The van der Waals surface area contributed by atoms with E-state index in [1.165, 1.54) is 75.3 Å². The van der Waals surface area contributed by atoms with Crippen molar-refractivity contribution >= 4 is 5.97 Å². The van der Waals surface area contributed by atoms with Crippen LogP contribution in [-0.4, -0.2) is 44.3 Å². The number of hydrogen-bond donors (Lipinski definition) is 0. The van der Waals surface area contributed by atoms with E-state index in [2.05, 4.69) is 63.5 Å². The first-order chi connectivity index (χ1) is 17.9. The van der Waals surface area contributed by atoms with Crippen LogP contribution in [0, 0.1) is 5.92 Å². The van der Waals surface area contributed by atoms with Gasteiger partial charge in [0.2, 0.25) is 0 Å². The fraction of sp³-hybridized carbons (Fsp3) is 0.606. The normalized spacial score (nSPS) is 12.3. The average molecular weight is 511 g/mol. The lowest BCUT2D eigenvalue weighted by molar-refractivity contribution is -0.905.